The van der Waals surface area contributed by atoms with Crippen molar-refractivity contribution >= 4 is 33.4 Å². The van der Waals surface area contributed by atoms with Gasteiger partial charge >= 0.3 is 0 Å². The molecule has 1 aromatic heterocycles. The second kappa shape index (κ2) is 6.00. The summed E-state index contributed by atoms with van der Waals surface area (Å²) in [5, 5.41) is 6.00. The minimum Gasteiger partial charge on any atom is -0.325 e. The molecule has 0 aliphatic rings. The third-order valence-electron chi connectivity index (χ3n) is 4.24. The topological polar surface area (TPSA) is 29.9 Å². The fourth-order valence-electron chi connectivity index (χ4n) is 3.18. The summed E-state index contributed by atoms with van der Waals surface area (Å²) in [5.41, 5.74) is 3.29. The van der Waals surface area contributed by atoms with Gasteiger partial charge in [-0.25, -0.2) is 4.98 Å². The maximum Gasteiger partial charge on any atom is 0.208 e. The van der Waals surface area contributed by atoms with Crippen molar-refractivity contribution in [1.82, 2.24) is 9.55 Å². The number of fused-ring (bicyclic) bond motifs is 2. The molecule has 0 bridgehead atoms. The van der Waals surface area contributed by atoms with Gasteiger partial charge < -0.3 is 9.88 Å². The molecule has 0 aliphatic heterocycles. The molecule has 0 aliphatic carbocycles. The number of hydrogen-bond acceptors (Lipinski definition) is 2. The van der Waals surface area contributed by atoms with Crippen molar-refractivity contribution in [3.05, 3.63) is 66.7 Å². The molecule has 1 heterocycles. The predicted molar refractivity (Wildman–Crippen MR) is 102 cm³/mol. The first-order valence-corrected chi connectivity index (χ1v) is 8.42. The van der Waals surface area contributed by atoms with E-state index in [0.717, 1.165) is 23.7 Å². The van der Waals surface area contributed by atoms with E-state index in [1.165, 1.54) is 16.3 Å². The van der Waals surface area contributed by atoms with E-state index in [-0.39, 0.29) is 0 Å². The van der Waals surface area contributed by atoms with Crippen molar-refractivity contribution in [2.24, 2.45) is 5.92 Å². The molecule has 4 aromatic rings. The highest BCUT2D eigenvalue weighted by Gasteiger charge is 2.12. The molecule has 0 radical (unpaired) electrons. The molecule has 0 amide bonds. The summed E-state index contributed by atoms with van der Waals surface area (Å²) in [4.78, 5) is 4.82. The molecule has 4 rings (SSSR count). The van der Waals surface area contributed by atoms with Crippen molar-refractivity contribution in [1.29, 1.82) is 0 Å². The first-order chi connectivity index (χ1) is 11.7. The Morgan fingerprint density at radius 1 is 0.917 bits per heavy atom. The molecule has 0 atom stereocenters. The highest BCUT2D eigenvalue weighted by molar-refractivity contribution is 5.95. The number of aromatic nitrogens is 2. The van der Waals surface area contributed by atoms with Crippen molar-refractivity contribution < 1.29 is 0 Å². The molecule has 0 spiro atoms. The summed E-state index contributed by atoms with van der Waals surface area (Å²) in [6.07, 6.45) is 0. The molecule has 120 valence electrons. The Labute approximate surface area is 142 Å². The van der Waals surface area contributed by atoms with Crippen molar-refractivity contribution in [2.45, 2.75) is 20.4 Å². The van der Waals surface area contributed by atoms with Crippen LogP contribution in [0.2, 0.25) is 0 Å². The van der Waals surface area contributed by atoms with Gasteiger partial charge in [-0.3, -0.25) is 0 Å². The molecule has 0 saturated heterocycles. The van der Waals surface area contributed by atoms with Gasteiger partial charge in [-0.2, -0.15) is 0 Å². The Balaban J connectivity index is 1.84. The molecule has 3 aromatic carbocycles. The highest BCUT2D eigenvalue weighted by atomic mass is 15.2. The Morgan fingerprint density at radius 3 is 2.54 bits per heavy atom. The summed E-state index contributed by atoms with van der Waals surface area (Å²) >= 11 is 0. The molecule has 0 saturated carbocycles. The number of anilines is 2. The van der Waals surface area contributed by atoms with Gasteiger partial charge in [-0.05, 0) is 29.5 Å². The third kappa shape index (κ3) is 2.62. The van der Waals surface area contributed by atoms with E-state index in [4.69, 9.17) is 4.98 Å². The molecule has 0 unspecified atom stereocenters. The van der Waals surface area contributed by atoms with Crippen LogP contribution < -0.4 is 5.32 Å². The van der Waals surface area contributed by atoms with Crippen LogP contribution in [0.1, 0.15) is 13.8 Å². The van der Waals surface area contributed by atoms with E-state index < -0.39 is 0 Å². The number of benzene rings is 3. The van der Waals surface area contributed by atoms with Gasteiger partial charge in [0.25, 0.3) is 0 Å². The van der Waals surface area contributed by atoms with Crippen LogP contribution >= 0.6 is 0 Å². The quantitative estimate of drug-likeness (QED) is 0.532. The zero-order valence-electron chi connectivity index (χ0n) is 14.0. The summed E-state index contributed by atoms with van der Waals surface area (Å²) < 4.78 is 2.28. The van der Waals surface area contributed by atoms with Crippen LogP contribution in [0, 0.1) is 5.92 Å². The highest BCUT2D eigenvalue weighted by Crippen LogP contribution is 2.28. The molecule has 1 N–H and O–H groups in total. The van der Waals surface area contributed by atoms with E-state index in [1.807, 2.05) is 6.07 Å². The van der Waals surface area contributed by atoms with Gasteiger partial charge in [0.05, 0.1) is 11.0 Å². The van der Waals surface area contributed by atoms with Gasteiger partial charge in [0.2, 0.25) is 5.95 Å². The van der Waals surface area contributed by atoms with Crippen molar-refractivity contribution in [3.8, 4) is 0 Å². The van der Waals surface area contributed by atoms with Crippen LogP contribution in [0.5, 0.6) is 0 Å². The van der Waals surface area contributed by atoms with Crippen LogP contribution in [0.25, 0.3) is 21.8 Å². The van der Waals surface area contributed by atoms with Crippen LogP contribution in [-0.4, -0.2) is 9.55 Å². The average Bonchev–Trinajstić information content (AvgIpc) is 2.92. The van der Waals surface area contributed by atoms with Gasteiger partial charge in [0, 0.05) is 17.6 Å². The maximum atomic E-state index is 4.82. The second-order valence-corrected chi connectivity index (χ2v) is 6.58. The van der Waals surface area contributed by atoms with Gasteiger partial charge in [0.1, 0.15) is 0 Å². The minimum absolute atomic E-state index is 0.552. The zero-order valence-corrected chi connectivity index (χ0v) is 14.0. The number of imidazole rings is 1. The van der Waals surface area contributed by atoms with Crippen molar-refractivity contribution in [3.63, 3.8) is 0 Å². The fraction of sp³-hybridized carbons (Fsp3) is 0.190. The van der Waals surface area contributed by atoms with E-state index in [9.17, 15) is 0 Å². The predicted octanol–water partition coefficient (Wildman–Crippen LogP) is 5.59. The Bertz CT molecular complexity index is 993. The molecular weight excluding hydrogens is 294 g/mol. The molecule has 3 heteroatoms. The maximum absolute atomic E-state index is 4.82. The summed E-state index contributed by atoms with van der Waals surface area (Å²) in [7, 11) is 0. The lowest BCUT2D eigenvalue weighted by molar-refractivity contribution is 0.537. The third-order valence-corrected chi connectivity index (χ3v) is 4.24. The second-order valence-electron chi connectivity index (χ2n) is 6.58. The fourth-order valence-corrected chi connectivity index (χ4v) is 3.18. The standard InChI is InChI=1S/C21H21N3/c1-15(2)14-24-20-13-6-5-11-19(20)23-21(24)22-18-12-7-9-16-8-3-4-10-17(16)18/h3-13,15H,14H2,1-2H3,(H,22,23). The van der Waals surface area contributed by atoms with Gasteiger partial charge in [-0.15, -0.1) is 0 Å². The smallest absolute Gasteiger partial charge is 0.208 e. The van der Waals surface area contributed by atoms with E-state index >= 15 is 0 Å². The lowest BCUT2D eigenvalue weighted by Crippen LogP contribution is -2.08. The average molecular weight is 315 g/mol. The number of nitrogens with one attached hydrogen (secondary N) is 1. The zero-order chi connectivity index (χ0) is 16.5. The summed E-state index contributed by atoms with van der Waals surface area (Å²) in [6, 6.07) is 23.1. The largest absolute Gasteiger partial charge is 0.325 e. The normalized spacial score (nSPS) is 11.5. The number of nitrogens with zero attached hydrogens (tertiary/aromatic N) is 2. The number of rotatable bonds is 4. The van der Waals surface area contributed by atoms with E-state index in [2.05, 4.69) is 84.4 Å². The number of hydrogen-bond donors (Lipinski definition) is 1. The van der Waals surface area contributed by atoms with Crippen LogP contribution in [-0.2, 0) is 6.54 Å². The molecule has 3 nitrogen and oxygen atoms in total. The molecular formula is C21H21N3. The lowest BCUT2D eigenvalue weighted by atomic mass is 10.1. The SMILES string of the molecule is CC(C)Cn1c(Nc2cccc3ccccc23)nc2ccccc21. The van der Waals surface area contributed by atoms with Crippen LogP contribution in [0.15, 0.2) is 66.7 Å². The Hall–Kier alpha value is -2.81. The first-order valence-electron chi connectivity index (χ1n) is 8.42. The molecule has 0 fully saturated rings. The van der Waals surface area contributed by atoms with E-state index in [1.54, 1.807) is 0 Å². The van der Waals surface area contributed by atoms with Crippen LogP contribution in [0.4, 0.5) is 11.6 Å². The first kappa shape index (κ1) is 14.8. The van der Waals surface area contributed by atoms with Gasteiger partial charge in [0.15, 0.2) is 0 Å². The van der Waals surface area contributed by atoms with Crippen LogP contribution in [0.3, 0.4) is 0 Å². The molecule has 24 heavy (non-hydrogen) atoms. The summed E-state index contributed by atoms with van der Waals surface area (Å²) in [6.45, 7) is 5.40. The van der Waals surface area contributed by atoms with Crippen molar-refractivity contribution in [2.75, 3.05) is 5.32 Å². The number of para-hydroxylation sites is 2. The lowest BCUT2D eigenvalue weighted by Gasteiger charge is -2.14. The van der Waals surface area contributed by atoms with Gasteiger partial charge in [-0.1, -0.05) is 62.4 Å². The van der Waals surface area contributed by atoms with E-state index in [0.29, 0.717) is 5.92 Å². The monoisotopic (exact) mass is 315 g/mol. The Kier molecular flexibility index (Phi) is 3.69. The Morgan fingerprint density at radius 2 is 1.67 bits per heavy atom. The summed E-state index contributed by atoms with van der Waals surface area (Å²) in [5.74, 6) is 1.46. The minimum atomic E-state index is 0.552.